The molecule has 0 atom stereocenters. The molecule has 0 aromatic heterocycles. The third-order valence-corrected chi connectivity index (χ3v) is 2.59. The van der Waals surface area contributed by atoms with Gasteiger partial charge in [0.05, 0.1) is 12.0 Å². The Labute approximate surface area is 98.6 Å². The van der Waals surface area contributed by atoms with E-state index < -0.39 is 30.8 Å². The quantitative estimate of drug-likeness (QED) is 0.678. The van der Waals surface area contributed by atoms with Crippen LogP contribution in [0.4, 0.5) is 18.0 Å². The monoisotopic (exact) mass is 256 g/mol. The van der Waals surface area contributed by atoms with Crippen molar-refractivity contribution >= 4 is 6.03 Å². The number of hydrogen-bond donors (Lipinski definition) is 3. The highest BCUT2D eigenvalue weighted by molar-refractivity contribution is 5.73. The summed E-state index contributed by atoms with van der Waals surface area (Å²) in [6.45, 7) is 3.10. The molecule has 2 amide bonds. The second-order valence-electron chi connectivity index (χ2n) is 3.91. The van der Waals surface area contributed by atoms with Gasteiger partial charge in [0.15, 0.2) is 0 Å². The van der Waals surface area contributed by atoms with Crippen LogP contribution in [0.1, 0.15) is 33.1 Å². The van der Waals surface area contributed by atoms with Crippen molar-refractivity contribution in [3.63, 3.8) is 0 Å². The smallest absolute Gasteiger partial charge is 0.388 e. The maximum atomic E-state index is 11.8. The molecule has 17 heavy (non-hydrogen) atoms. The highest BCUT2D eigenvalue weighted by Gasteiger charge is 2.27. The maximum Gasteiger partial charge on any atom is 0.390 e. The van der Waals surface area contributed by atoms with Gasteiger partial charge in [-0.25, -0.2) is 4.79 Å². The summed E-state index contributed by atoms with van der Waals surface area (Å²) in [7, 11) is 0. The zero-order valence-electron chi connectivity index (χ0n) is 10.0. The summed E-state index contributed by atoms with van der Waals surface area (Å²) in [6.07, 6.45) is -4.41. The first-order valence-corrected chi connectivity index (χ1v) is 5.53. The fourth-order valence-electron chi connectivity index (χ4n) is 1.13. The van der Waals surface area contributed by atoms with E-state index in [2.05, 4.69) is 10.6 Å². The minimum absolute atomic E-state index is 0.0256. The average molecular weight is 256 g/mol. The van der Waals surface area contributed by atoms with Crippen molar-refractivity contribution in [1.29, 1.82) is 0 Å². The van der Waals surface area contributed by atoms with Gasteiger partial charge in [0.1, 0.15) is 0 Å². The van der Waals surface area contributed by atoms with Crippen LogP contribution in [0.5, 0.6) is 0 Å². The molecule has 0 aliphatic carbocycles. The fourth-order valence-corrected chi connectivity index (χ4v) is 1.13. The average Bonchev–Trinajstić information content (AvgIpc) is 2.24. The lowest BCUT2D eigenvalue weighted by molar-refractivity contribution is -0.132. The Balaban J connectivity index is 3.81. The Bertz CT molecular complexity index is 240. The van der Waals surface area contributed by atoms with Crippen LogP contribution < -0.4 is 10.6 Å². The molecule has 0 heterocycles. The number of amides is 2. The van der Waals surface area contributed by atoms with E-state index in [0.29, 0.717) is 12.8 Å². The summed E-state index contributed by atoms with van der Waals surface area (Å²) in [5, 5.41) is 14.2. The predicted octanol–water partition coefficient (Wildman–Crippen LogP) is 1.79. The van der Waals surface area contributed by atoms with E-state index in [1.807, 2.05) is 0 Å². The number of rotatable bonds is 6. The van der Waals surface area contributed by atoms with Crippen molar-refractivity contribution in [2.24, 2.45) is 0 Å². The molecule has 0 aromatic carbocycles. The summed E-state index contributed by atoms with van der Waals surface area (Å²) >= 11 is 0. The molecule has 0 saturated carbocycles. The molecule has 4 nitrogen and oxygen atoms in total. The molecule has 3 N–H and O–H groups in total. The number of nitrogens with one attached hydrogen (secondary N) is 2. The van der Waals surface area contributed by atoms with E-state index in [-0.39, 0.29) is 6.54 Å². The highest BCUT2D eigenvalue weighted by Crippen LogP contribution is 2.18. The van der Waals surface area contributed by atoms with Crippen LogP contribution in [-0.4, -0.2) is 36.0 Å². The second-order valence-corrected chi connectivity index (χ2v) is 3.91. The molecule has 0 spiro atoms. The third-order valence-electron chi connectivity index (χ3n) is 2.59. The van der Waals surface area contributed by atoms with Gasteiger partial charge < -0.3 is 15.7 Å². The van der Waals surface area contributed by atoms with Crippen LogP contribution in [0.25, 0.3) is 0 Å². The third kappa shape index (κ3) is 7.84. The molecule has 0 fully saturated rings. The van der Waals surface area contributed by atoms with Crippen molar-refractivity contribution in [1.82, 2.24) is 10.6 Å². The zero-order valence-corrected chi connectivity index (χ0v) is 10.0. The van der Waals surface area contributed by atoms with E-state index in [4.69, 9.17) is 0 Å². The standard InChI is InChI=1S/C10H19F3N2O2/c1-3-9(17,4-2)7-15-8(16)14-6-5-10(11,12)13/h17H,3-7H2,1-2H3,(H2,14,15,16). The Kier molecular flexibility index (Phi) is 6.30. The molecule has 0 radical (unpaired) electrons. The van der Waals surface area contributed by atoms with E-state index in [0.717, 1.165) is 0 Å². The molecule has 0 aromatic rings. The van der Waals surface area contributed by atoms with Crippen LogP contribution in [-0.2, 0) is 0 Å². The highest BCUT2D eigenvalue weighted by atomic mass is 19.4. The lowest BCUT2D eigenvalue weighted by Crippen LogP contribution is -2.46. The van der Waals surface area contributed by atoms with Gasteiger partial charge in [-0.3, -0.25) is 0 Å². The van der Waals surface area contributed by atoms with Crippen molar-refractivity contribution < 1.29 is 23.1 Å². The number of hydrogen-bond acceptors (Lipinski definition) is 2. The van der Waals surface area contributed by atoms with E-state index >= 15 is 0 Å². The van der Waals surface area contributed by atoms with Crippen LogP contribution >= 0.6 is 0 Å². The van der Waals surface area contributed by atoms with Gasteiger partial charge in [-0.05, 0) is 12.8 Å². The van der Waals surface area contributed by atoms with Gasteiger partial charge >= 0.3 is 12.2 Å². The molecule has 102 valence electrons. The summed E-state index contributed by atoms with van der Waals surface area (Å²) in [5.41, 5.74) is -0.999. The number of carbonyl (C=O) groups is 1. The Morgan fingerprint density at radius 2 is 1.71 bits per heavy atom. The SMILES string of the molecule is CCC(O)(CC)CNC(=O)NCCC(F)(F)F. The first-order chi connectivity index (χ1) is 7.72. The largest absolute Gasteiger partial charge is 0.390 e. The van der Waals surface area contributed by atoms with E-state index in [9.17, 15) is 23.1 Å². The summed E-state index contributed by atoms with van der Waals surface area (Å²) < 4.78 is 35.3. The van der Waals surface area contributed by atoms with Crippen molar-refractivity contribution in [2.45, 2.75) is 44.9 Å². The fraction of sp³-hybridized carbons (Fsp3) is 0.900. The predicted molar refractivity (Wildman–Crippen MR) is 57.6 cm³/mol. The molecule has 0 saturated heterocycles. The summed E-state index contributed by atoms with van der Waals surface area (Å²) in [4.78, 5) is 11.1. The lowest BCUT2D eigenvalue weighted by atomic mass is 9.98. The van der Waals surface area contributed by atoms with Crippen LogP contribution in [0.3, 0.4) is 0 Å². The Morgan fingerprint density at radius 1 is 1.18 bits per heavy atom. The topological polar surface area (TPSA) is 61.4 Å². The molecular formula is C10H19F3N2O2. The number of aliphatic hydroxyl groups is 1. The van der Waals surface area contributed by atoms with E-state index in [1.165, 1.54) is 0 Å². The zero-order chi connectivity index (χ0) is 13.5. The van der Waals surface area contributed by atoms with Gasteiger partial charge in [0.2, 0.25) is 0 Å². The molecular weight excluding hydrogens is 237 g/mol. The second kappa shape index (κ2) is 6.68. The number of carbonyl (C=O) groups excluding carboxylic acids is 1. The number of urea groups is 1. The molecule has 0 bridgehead atoms. The number of alkyl halides is 3. The minimum atomic E-state index is -4.28. The van der Waals surface area contributed by atoms with Crippen molar-refractivity contribution in [3.8, 4) is 0 Å². The molecule has 0 rings (SSSR count). The first-order valence-electron chi connectivity index (χ1n) is 5.53. The van der Waals surface area contributed by atoms with Gasteiger partial charge in [0.25, 0.3) is 0 Å². The van der Waals surface area contributed by atoms with Gasteiger partial charge in [-0.2, -0.15) is 13.2 Å². The van der Waals surface area contributed by atoms with Gasteiger partial charge in [-0.1, -0.05) is 13.8 Å². The van der Waals surface area contributed by atoms with Gasteiger partial charge in [-0.15, -0.1) is 0 Å². The maximum absolute atomic E-state index is 11.8. The Hall–Kier alpha value is -0.980. The van der Waals surface area contributed by atoms with Crippen molar-refractivity contribution in [3.05, 3.63) is 0 Å². The van der Waals surface area contributed by atoms with Gasteiger partial charge in [0, 0.05) is 13.1 Å². The summed E-state index contributed by atoms with van der Waals surface area (Å²) in [5.74, 6) is 0. The Morgan fingerprint density at radius 3 is 2.12 bits per heavy atom. The van der Waals surface area contributed by atoms with Crippen molar-refractivity contribution in [2.75, 3.05) is 13.1 Å². The van der Waals surface area contributed by atoms with Crippen LogP contribution in [0, 0.1) is 0 Å². The summed E-state index contributed by atoms with van der Waals surface area (Å²) in [6, 6.07) is -0.699. The number of halogens is 3. The molecule has 0 aliphatic rings. The van der Waals surface area contributed by atoms with Crippen LogP contribution in [0.15, 0.2) is 0 Å². The molecule has 0 unspecified atom stereocenters. The normalized spacial score (nSPS) is 12.4. The molecule has 0 aliphatic heterocycles. The van der Waals surface area contributed by atoms with E-state index in [1.54, 1.807) is 13.8 Å². The first kappa shape index (κ1) is 16.0. The minimum Gasteiger partial charge on any atom is -0.388 e. The molecule has 7 heteroatoms. The van der Waals surface area contributed by atoms with Crippen LogP contribution in [0.2, 0.25) is 0 Å². The lowest BCUT2D eigenvalue weighted by Gasteiger charge is -2.25.